The van der Waals surface area contributed by atoms with Gasteiger partial charge in [-0.05, 0) is 24.3 Å². The van der Waals surface area contributed by atoms with Gasteiger partial charge in [-0.2, -0.15) is 5.26 Å². The molecule has 0 atom stereocenters. The Morgan fingerprint density at radius 1 is 1.04 bits per heavy atom. The van der Waals surface area contributed by atoms with Gasteiger partial charge in [0.15, 0.2) is 11.5 Å². The molecule has 5 heteroatoms. The van der Waals surface area contributed by atoms with Crippen molar-refractivity contribution in [2.45, 2.75) is 0 Å². The average molecular weight is 299 g/mol. The first kappa shape index (κ1) is 13.3. The molecule has 0 aliphatic carbocycles. The van der Waals surface area contributed by atoms with Crippen LogP contribution in [-0.2, 0) is 0 Å². The summed E-state index contributed by atoms with van der Waals surface area (Å²) >= 11 is 0. The first-order valence-corrected chi connectivity index (χ1v) is 7.26. The minimum atomic E-state index is 0.639. The van der Waals surface area contributed by atoms with Gasteiger partial charge in [0.25, 0.3) is 0 Å². The number of fused-ring (bicyclic) bond motifs is 3. The van der Waals surface area contributed by atoms with Crippen molar-refractivity contribution < 1.29 is 0 Å². The van der Waals surface area contributed by atoms with Crippen molar-refractivity contribution in [2.24, 2.45) is 0 Å². The molecule has 0 amide bonds. The number of hydrogen-bond acceptors (Lipinski definition) is 4. The highest BCUT2D eigenvalue weighted by molar-refractivity contribution is 5.84. The molecule has 0 saturated carbocycles. The maximum Gasteiger partial charge on any atom is 0.181 e. The van der Waals surface area contributed by atoms with Crippen molar-refractivity contribution in [2.75, 3.05) is 12.4 Å². The molecule has 0 radical (unpaired) electrons. The summed E-state index contributed by atoms with van der Waals surface area (Å²) in [5.74, 6) is 0.739. The van der Waals surface area contributed by atoms with Crippen LogP contribution in [0, 0.1) is 11.3 Å². The third-order valence-corrected chi connectivity index (χ3v) is 3.84. The predicted octanol–water partition coefficient (Wildman–Crippen LogP) is 3.46. The molecule has 2 aromatic carbocycles. The lowest BCUT2D eigenvalue weighted by Gasteiger charge is -2.05. The number of nitrogens with one attached hydrogen (secondary N) is 1. The number of anilines is 1. The van der Waals surface area contributed by atoms with Gasteiger partial charge in [0.2, 0.25) is 0 Å². The van der Waals surface area contributed by atoms with E-state index >= 15 is 0 Å². The Balaban J connectivity index is 1.99. The first-order valence-electron chi connectivity index (χ1n) is 7.26. The Hall–Kier alpha value is -3.39. The summed E-state index contributed by atoms with van der Waals surface area (Å²) in [7, 11) is 1.84. The average Bonchev–Trinajstić information content (AvgIpc) is 3.06. The van der Waals surface area contributed by atoms with Crippen molar-refractivity contribution in [3.63, 3.8) is 0 Å². The van der Waals surface area contributed by atoms with Gasteiger partial charge in [-0.3, -0.25) is 4.40 Å². The molecule has 110 valence electrons. The molecule has 1 N–H and O–H groups in total. The number of benzene rings is 2. The van der Waals surface area contributed by atoms with E-state index in [1.165, 1.54) is 0 Å². The summed E-state index contributed by atoms with van der Waals surface area (Å²) in [5.41, 5.74) is 5.16. The normalized spacial score (nSPS) is 10.8. The highest BCUT2D eigenvalue weighted by Crippen LogP contribution is 2.26. The zero-order valence-electron chi connectivity index (χ0n) is 12.5. The van der Waals surface area contributed by atoms with E-state index in [1.54, 1.807) is 12.1 Å². The van der Waals surface area contributed by atoms with Crippen molar-refractivity contribution in [3.8, 4) is 17.3 Å². The zero-order chi connectivity index (χ0) is 15.8. The van der Waals surface area contributed by atoms with Crippen LogP contribution in [0.15, 0.2) is 54.7 Å². The van der Waals surface area contributed by atoms with E-state index in [4.69, 9.17) is 10.2 Å². The van der Waals surface area contributed by atoms with E-state index in [-0.39, 0.29) is 0 Å². The topological polar surface area (TPSA) is 66.0 Å². The van der Waals surface area contributed by atoms with Crippen molar-refractivity contribution in [1.29, 1.82) is 5.26 Å². The molecule has 5 nitrogen and oxygen atoms in total. The molecule has 0 spiro atoms. The molecule has 2 heterocycles. The lowest BCUT2D eigenvalue weighted by Crippen LogP contribution is -1.98. The molecular weight excluding hydrogens is 286 g/mol. The van der Waals surface area contributed by atoms with Gasteiger partial charge in [-0.25, -0.2) is 9.97 Å². The van der Waals surface area contributed by atoms with E-state index in [0.717, 1.165) is 33.8 Å². The summed E-state index contributed by atoms with van der Waals surface area (Å²) in [6.45, 7) is 0. The molecule has 4 aromatic rings. The molecule has 2 aromatic heterocycles. The number of hydrogen-bond donors (Lipinski definition) is 1. The second-order valence-corrected chi connectivity index (χ2v) is 5.21. The highest BCUT2D eigenvalue weighted by Gasteiger charge is 2.12. The first-order chi connectivity index (χ1) is 11.3. The van der Waals surface area contributed by atoms with Crippen LogP contribution in [0.5, 0.6) is 0 Å². The van der Waals surface area contributed by atoms with Gasteiger partial charge in [-0.15, -0.1) is 0 Å². The molecule has 23 heavy (non-hydrogen) atoms. The summed E-state index contributed by atoms with van der Waals surface area (Å²) < 4.78 is 2.04. The predicted molar refractivity (Wildman–Crippen MR) is 90.2 cm³/mol. The van der Waals surface area contributed by atoms with Crippen molar-refractivity contribution >= 4 is 22.5 Å². The van der Waals surface area contributed by atoms with E-state index in [1.807, 2.05) is 54.0 Å². The van der Waals surface area contributed by atoms with Crippen LogP contribution in [-0.4, -0.2) is 21.4 Å². The van der Waals surface area contributed by atoms with E-state index < -0.39 is 0 Å². The van der Waals surface area contributed by atoms with Crippen molar-refractivity contribution in [1.82, 2.24) is 14.4 Å². The van der Waals surface area contributed by atoms with Gasteiger partial charge in [-0.1, -0.05) is 24.3 Å². The minimum absolute atomic E-state index is 0.639. The fourth-order valence-corrected chi connectivity index (χ4v) is 2.69. The van der Waals surface area contributed by atoms with Gasteiger partial charge in [0.1, 0.15) is 0 Å². The monoisotopic (exact) mass is 299 g/mol. The smallest absolute Gasteiger partial charge is 0.181 e. The number of para-hydroxylation sites is 2. The molecule has 4 rings (SSSR count). The zero-order valence-corrected chi connectivity index (χ0v) is 12.5. The van der Waals surface area contributed by atoms with Gasteiger partial charge < -0.3 is 5.32 Å². The lowest BCUT2D eigenvalue weighted by atomic mass is 10.1. The Bertz CT molecular complexity index is 1050. The molecule has 0 bridgehead atoms. The van der Waals surface area contributed by atoms with Crippen LogP contribution in [0.25, 0.3) is 27.9 Å². The number of nitriles is 1. The second kappa shape index (κ2) is 5.11. The summed E-state index contributed by atoms with van der Waals surface area (Å²) in [6.07, 6.45) is 2.00. The largest absolute Gasteiger partial charge is 0.370 e. The van der Waals surface area contributed by atoms with Gasteiger partial charge in [0, 0.05) is 18.8 Å². The summed E-state index contributed by atoms with van der Waals surface area (Å²) in [6, 6.07) is 17.5. The fourth-order valence-electron chi connectivity index (χ4n) is 2.69. The summed E-state index contributed by atoms with van der Waals surface area (Å²) in [5, 5.41) is 12.0. The number of nitrogens with zero attached hydrogens (tertiary/aromatic N) is 4. The molecule has 0 fully saturated rings. The fraction of sp³-hybridized carbons (Fsp3) is 0.0556. The lowest BCUT2D eigenvalue weighted by molar-refractivity contribution is 1.20. The Kier molecular flexibility index (Phi) is 2.95. The van der Waals surface area contributed by atoms with Crippen LogP contribution >= 0.6 is 0 Å². The Morgan fingerprint density at radius 3 is 2.57 bits per heavy atom. The Morgan fingerprint density at radius 2 is 1.83 bits per heavy atom. The minimum Gasteiger partial charge on any atom is -0.370 e. The molecule has 0 aliphatic rings. The highest BCUT2D eigenvalue weighted by atomic mass is 15.1. The summed E-state index contributed by atoms with van der Waals surface area (Å²) in [4.78, 5) is 9.33. The van der Waals surface area contributed by atoms with Crippen LogP contribution in [0.4, 0.5) is 5.82 Å². The van der Waals surface area contributed by atoms with E-state index in [9.17, 15) is 0 Å². The third kappa shape index (κ3) is 2.09. The quantitative estimate of drug-likeness (QED) is 0.615. The third-order valence-electron chi connectivity index (χ3n) is 3.84. The van der Waals surface area contributed by atoms with Crippen LogP contribution in [0.2, 0.25) is 0 Å². The van der Waals surface area contributed by atoms with E-state index in [0.29, 0.717) is 5.56 Å². The number of rotatable bonds is 2. The molecular formula is C18H13N5. The SMILES string of the molecule is CNc1nc2ccccc2n2cc(-c3ccc(C#N)cc3)nc12. The van der Waals surface area contributed by atoms with Crippen molar-refractivity contribution in [3.05, 3.63) is 60.3 Å². The maximum absolute atomic E-state index is 8.91. The van der Waals surface area contributed by atoms with Gasteiger partial charge in [0.05, 0.1) is 28.4 Å². The van der Waals surface area contributed by atoms with Crippen LogP contribution < -0.4 is 5.32 Å². The Labute approximate surface area is 132 Å². The van der Waals surface area contributed by atoms with Crippen LogP contribution in [0.3, 0.4) is 0 Å². The molecule has 0 saturated heterocycles. The molecule has 0 unspecified atom stereocenters. The number of imidazole rings is 1. The van der Waals surface area contributed by atoms with Gasteiger partial charge >= 0.3 is 0 Å². The van der Waals surface area contributed by atoms with Crippen LogP contribution in [0.1, 0.15) is 5.56 Å². The molecule has 0 aliphatic heterocycles. The number of aromatic nitrogens is 3. The standard InChI is InChI=1S/C18H13N5/c1-20-17-18-22-15(13-8-6-12(10-19)7-9-13)11-23(18)16-5-3-2-4-14(16)21-17/h2-9,11H,1H3,(H,20,21). The second-order valence-electron chi connectivity index (χ2n) is 5.21. The van der Waals surface area contributed by atoms with E-state index in [2.05, 4.69) is 16.4 Å². The maximum atomic E-state index is 8.91.